The van der Waals surface area contributed by atoms with E-state index in [1.807, 2.05) is 5.38 Å². The molecule has 0 spiro atoms. The lowest BCUT2D eigenvalue weighted by Crippen LogP contribution is -2.47. The SMILES string of the molecule is NC(N)=NC(=O)c1ccc(C2CCN(C(=O)C(N)Cc3cscn3)CC2)c(C(F)(F)F)c1. The number of thiazole rings is 1. The minimum atomic E-state index is -4.66. The van der Waals surface area contributed by atoms with Crippen LogP contribution in [0, 0.1) is 0 Å². The van der Waals surface area contributed by atoms with Crippen LogP contribution in [0.1, 0.15) is 45.9 Å². The first-order valence-electron chi connectivity index (χ1n) is 9.82. The van der Waals surface area contributed by atoms with Gasteiger partial charge >= 0.3 is 6.18 Å². The zero-order chi connectivity index (χ0) is 23.5. The number of guanidine groups is 1. The van der Waals surface area contributed by atoms with Crippen LogP contribution in [0.15, 0.2) is 34.1 Å². The van der Waals surface area contributed by atoms with Crippen molar-refractivity contribution in [1.29, 1.82) is 0 Å². The van der Waals surface area contributed by atoms with Crippen LogP contribution in [0.25, 0.3) is 0 Å². The van der Waals surface area contributed by atoms with Crippen LogP contribution in [0.3, 0.4) is 0 Å². The minimum Gasteiger partial charge on any atom is -0.370 e. The monoisotopic (exact) mass is 468 g/mol. The summed E-state index contributed by atoms with van der Waals surface area (Å²) >= 11 is 1.41. The third-order valence-corrected chi connectivity index (χ3v) is 5.95. The zero-order valence-electron chi connectivity index (χ0n) is 17.0. The van der Waals surface area contributed by atoms with Crippen molar-refractivity contribution in [3.8, 4) is 0 Å². The third kappa shape index (κ3) is 5.62. The van der Waals surface area contributed by atoms with Crippen molar-refractivity contribution in [3.63, 3.8) is 0 Å². The number of nitrogens with zero attached hydrogens (tertiary/aromatic N) is 3. The van der Waals surface area contributed by atoms with Crippen LogP contribution < -0.4 is 17.2 Å². The molecule has 172 valence electrons. The van der Waals surface area contributed by atoms with E-state index >= 15 is 0 Å². The number of hydrogen-bond acceptors (Lipinski definition) is 5. The highest BCUT2D eigenvalue weighted by Gasteiger charge is 2.37. The maximum absolute atomic E-state index is 13.7. The van der Waals surface area contributed by atoms with Crippen molar-refractivity contribution < 1.29 is 22.8 Å². The van der Waals surface area contributed by atoms with Gasteiger partial charge in [-0.15, -0.1) is 11.3 Å². The molecule has 6 N–H and O–H groups in total. The van der Waals surface area contributed by atoms with Crippen LogP contribution in [0.4, 0.5) is 13.2 Å². The Bertz CT molecular complexity index is 997. The van der Waals surface area contributed by atoms with Crippen molar-refractivity contribution in [1.82, 2.24) is 9.88 Å². The normalized spacial score (nSPS) is 15.9. The summed E-state index contributed by atoms with van der Waals surface area (Å²) in [6, 6.07) is 2.58. The Hall–Kier alpha value is -2.99. The van der Waals surface area contributed by atoms with E-state index in [1.165, 1.54) is 23.5 Å². The Kier molecular flexibility index (Phi) is 7.14. The first-order valence-corrected chi connectivity index (χ1v) is 10.8. The molecule has 2 aromatic rings. The summed E-state index contributed by atoms with van der Waals surface area (Å²) in [4.78, 5) is 33.6. The summed E-state index contributed by atoms with van der Waals surface area (Å²) in [5.41, 5.74) is 17.6. The van der Waals surface area contributed by atoms with E-state index in [4.69, 9.17) is 17.2 Å². The number of carbonyl (C=O) groups is 2. The van der Waals surface area contributed by atoms with Crippen LogP contribution in [0.2, 0.25) is 0 Å². The number of amides is 2. The molecule has 12 heteroatoms. The molecular formula is C20H23F3N6O2S. The molecule has 1 fully saturated rings. The van der Waals surface area contributed by atoms with Gasteiger partial charge in [-0.2, -0.15) is 18.2 Å². The Morgan fingerprint density at radius 1 is 1.25 bits per heavy atom. The van der Waals surface area contributed by atoms with Gasteiger partial charge in [-0.1, -0.05) is 6.07 Å². The molecule has 2 amide bonds. The quantitative estimate of drug-likeness (QED) is 0.452. The lowest BCUT2D eigenvalue weighted by atomic mass is 9.85. The van der Waals surface area contributed by atoms with Crippen LogP contribution in [-0.2, 0) is 17.4 Å². The average molecular weight is 469 g/mol. The second kappa shape index (κ2) is 9.65. The van der Waals surface area contributed by atoms with E-state index in [9.17, 15) is 22.8 Å². The van der Waals surface area contributed by atoms with Gasteiger partial charge in [-0.05, 0) is 36.5 Å². The van der Waals surface area contributed by atoms with Gasteiger partial charge in [0.05, 0.1) is 22.8 Å². The van der Waals surface area contributed by atoms with Crippen molar-refractivity contribution >= 4 is 29.1 Å². The first-order chi connectivity index (χ1) is 15.1. The molecule has 0 saturated carbocycles. The van der Waals surface area contributed by atoms with Crippen molar-refractivity contribution in [3.05, 3.63) is 51.5 Å². The molecule has 1 saturated heterocycles. The molecule has 3 rings (SSSR count). The maximum Gasteiger partial charge on any atom is 0.416 e. The number of carbonyl (C=O) groups excluding carboxylic acids is 2. The van der Waals surface area contributed by atoms with Crippen LogP contribution >= 0.6 is 11.3 Å². The Labute approximate surface area is 186 Å². The number of aliphatic imine (C=N–C) groups is 1. The second-order valence-corrected chi connectivity index (χ2v) is 8.25. The van der Waals surface area contributed by atoms with E-state index in [0.717, 1.165) is 11.8 Å². The van der Waals surface area contributed by atoms with Crippen molar-refractivity contribution in [2.24, 2.45) is 22.2 Å². The predicted octanol–water partition coefficient (Wildman–Crippen LogP) is 1.85. The molecule has 1 aromatic heterocycles. The topological polar surface area (TPSA) is 141 Å². The number of hydrogen-bond donors (Lipinski definition) is 3. The van der Waals surface area contributed by atoms with Gasteiger partial charge < -0.3 is 22.1 Å². The highest BCUT2D eigenvalue weighted by atomic mass is 32.1. The highest BCUT2D eigenvalue weighted by Crippen LogP contribution is 2.39. The fourth-order valence-corrected chi connectivity index (χ4v) is 4.34. The standard InChI is InChI=1S/C20H23F3N6O2S/c21-20(22,23)15-7-12(17(30)28-19(25)26)1-2-14(15)11-3-5-29(6-4-11)18(31)16(24)8-13-9-32-10-27-13/h1-2,7,9-11,16H,3-6,8,24H2,(H4,25,26,28,30). The van der Waals surface area contributed by atoms with Crippen LogP contribution in [0.5, 0.6) is 0 Å². The molecule has 0 bridgehead atoms. The van der Waals surface area contributed by atoms with E-state index in [-0.39, 0.29) is 17.0 Å². The lowest BCUT2D eigenvalue weighted by Gasteiger charge is -2.34. The Morgan fingerprint density at radius 2 is 1.94 bits per heavy atom. The summed E-state index contributed by atoms with van der Waals surface area (Å²) in [5, 5.41) is 1.82. The third-order valence-electron chi connectivity index (χ3n) is 5.31. The first kappa shape index (κ1) is 23.7. The van der Waals surface area contributed by atoms with Crippen molar-refractivity contribution in [2.75, 3.05) is 13.1 Å². The van der Waals surface area contributed by atoms with Gasteiger partial charge in [0.2, 0.25) is 5.91 Å². The molecule has 1 atom stereocenters. The molecule has 1 aliphatic rings. The van der Waals surface area contributed by atoms with Gasteiger partial charge in [0, 0.05) is 30.5 Å². The molecule has 32 heavy (non-hydrogen) atoms. The molecule has 1 aliphatic heterocycles. The number of halogens is 3. The van der Waals surface area contributed by atoms with E-state index < -0.39 is 35.6 Å². The molecule has 1 aromatic carbocycles. The Balaban J connectivity index is 1.72. The highest BCUT2D eigenvalue weighted by molar-refractivity contribution is 7.07. The van der Waals surface area contributed by atoms with E-state index in [2.05, 4.69) is 9.98 Å². The fourth-order valence-electron chi connectivity index (χ4n) is 3.77. The molecule has 2 heterocycles. The van der Waals surface area contributed by atoms with Gasteiger partial charge in [0.1, 0.15) is 0 Å². The summed E-state index contributed by atoms with van der Waals surface area (Å²) in [6.07, 6.45) is -3.66. The van der Waals surface area contributed by atoms with Crippen molar-refractivity contribution in [2.45, 2.75) is 37.4 Å². The van der Waals surface area contributed by atoms with Gasteiger partial charge in [0.25, 0.3) is 5.91 Å². The van der Waals surface area contributed by atoms with E-state index in [0.29, 0.717) is 32.4 Å². The molecule has 0 aliphatic carbocycles. The number of alkyl halides is 3. The lowest BCUT2D eigenvalue weighted by molar-refractivity contribution is -0.139. The maximum atomic E-state index is 13.7. The molecule has 8 nitrogen and oxygen atoms in total. The summed E-state index contributed by atoms with van der Waals surface area (Å²) < 4.78 is 41.2. The average Bonchev–Trinajstić information content (AvgIpc) is 3.25. The fraction of sp³-hybridized carbons (Fsp3) is 0.400. The largest absolute Gasteiger partial charge is 0.416 e. The molecular weight excluding hydrogens is 445 g/mol. The second-order valence-electron chi connectivity index (χ2n) is 7.53. The Morgan fingerprint density at radius 3 is 2.50 bits per heavy atom. The van der Waals surface area contributed by atoms with Gasteiger partial charge in [-0.25, -0.2) is 4.98 Å². The van der Waals surface area contributed by atoms with Gasteiger partial charge in [0.15, 0.2) is 5.96 Å². The number of likely N-dealkylation sites (tertiary alicyclic amines) is 1. The summed E-state index contributed by atoms with van der Waals surface area (Å²) in [7, 11) is 0. The number of nitrogens with two attached hydrogens (primary N) is 3. The number of piperidine rings is 1. The smallest absolute Gasteiger partial charge is 0.370 e. The number of benzene rings is 1. The summed E-state index contributed by atoms with van der Waals surface area (Å²) in [5.74, 6) is -2.14. The molecule has 0 radical (unpaired) electrons. The van der Waals surface area contributed by atoms with Gasteiger partial charge in [-0.3, -0.25) is 9.59 Å². The number of rotatable bonds is 5. The predicted molar refractivity (Wildman–Crippen MR) is 114 cm³/mol. The minimum absolute atomic E-state index is 0.0811. The van der Waals surface area contributed by atoms with E-state index in [1.54, 1.807) is 10.4 Å². The summed E-state index contributed by atoms with van der Waals surface area (Å²) in [6.45, 7) is 0.584. The zero-order valence-corrected chi connectivity index (χ0v) is 17.8. The van der Waals surface area contributed by atoms with Crippen LogP contribution in [-0.4, -0.2) is 46.8 Å². The number of aromatic nitrogens is 1. The molecule has 1 unspecified atom stereocenters.